The number of nitrogens with one attached hydrogen (secondary N) is 1. The third kappa shape index (κ3) is 5.83. The minimum absolute atomic E-state index is 0.0781. The van der Waals surface area contributed by atoms with Gasteiger partial charge in [-0.25, -0.2) is 4.98 Å². The van der Waals surface area contributed by atoms with E-state index in [1.165, 1.54) is 17.8 Å². The molecule has 2 N–H and O–H groups in total. The van der Waals surface area contributed by atoms with Crippen LogP contribution in [0.2, 0.25) is 0 Å². The van der Waals surface area contributed by atoms with Crippen molar-refractivity contribution in [2.24, 2.45) is 5.92 Å². The van der Waals surface area contributed by atoms with Crippen LogP contribution in [0.3, 0.4) is 0 Å². The topological polar surface area (TPSA) is 84.2 Å². The second kappa shape index (κ2) is 8.07. The van der Waals surface area contributed by atoms with Crippen LogP contribution >= 0.6 is 0 Å². The van der Waals surface area contributed by atoms with Crippen molar-refractivity contribution >= 4 is 17.5 Å². The first-order valence-corrected chi connectivity index (χ1v) is 8.36. The van der Waals surface area contributed by atoms with E-state index in [1.54, 1.807) is 26.2 Å². The summed E-state index contributed by atoms with van der Waals surface area (Å²) in [7, 11) is 0. The first-order valence-electron chi connectivity index (χ1n) is 8.36. The summed E-state index contributed by atoms with van der Waals surface area (Å²) in [4.78, 5) is 27.2. The third-order valence-electron chi connectivity index (χ3n) is 4.27. The Morgan fingerprint density at radius 2 is 1.96 bits per heavy atom. The van der Waals surface area contributed by atoms with Gasteiger partial charge in [-0.15, -0.1) is 0 Å². The summed E-state index contributed by atoms with van der Waals surface area (Å²) in [6, 6.07) is 7.60. The van der Waals surface area contributed by atoms with E-state index in [0.717, 1.165) is 17.7 Å². The molecule has 2 rings (SSSR count). The number of nitrogens with zero attached hydrogens (tertiary/aromatic N) is 2. The molecular weight excluding hydrogens is 318 g/mol. The van der Waals surface area contributed by atoms with E-state index in [-0.39, 0.29) is 24.2 Å². The van der Waals surface area contributed by atoms with E-state index in [1.807, 2.05) is 24.3 Å². The molecule has 25 heavy (non-hydrogen) atoms. The highest BCUT2D eigenvalue weighted by Crippen LogP contribution is 2.26. The van der Waals surface area contributed by atoms with Crippen molar-refractivity contribution in [1.29, 1.82) is 0 Å². The monoisotopic (exact) mass is 343 g/mol. The van der Waals surface area contributed by atoms with Crippen molar-refractivity contribution in [3.8, 4) is 0 Å². The predicted molar refractivity (Wildman–Crippen MR) is 96.3 cm³/mol. The maximum atomic E-state index is 12.3. The number of imidazole rings is 1. The van der Waals surface area contributed by atoms with Crippen molar-refractivity contribution in [1.82, 2.24) is 9.55 Å². The molecule has 2 aromatic rings. The number of carbonyl (C=O) groups is 2. The molecule has 0 radical (unpaired) electrons. The van der Waals surface area contributed by atoms with Gasteiger partial charge in [0, 0.05) is 31.4 Å². The fourth-order valence-corrected chi connectivity index (χ4v) is 2.73. The van der Waals surface area contributed by atoms with Crippen LogP contribution in [0.1, 0.15) is 44.0 Å². The van der Waals surface area contributed by atoms with Gasteiger partial charge >= 0.3 is 0 Å². The van der Waals surface area contributed by atoms with Gasteiger partial charge in [-0.1, -0.05) is 12.1 Å². The van der Waals surface area contributed by atoms with Crippen LogP contribution in [0.25, 0.3) is 0 Å². The zero-order chi connectivity index (χ0) is 18.4. The number of hydrogen-bond donors (Lipinski definition) is 2. The third-order valence-corrected chi connectivity index (χ3v) is 4.27. The molecule has 0 aliphatic carbocycles. The Labute approximate surface area is 147 Å². The lowest BCUT2D eigenvalue weighted by Gasteiger charge is -2.29. The lowest BCUT2D eigenvalue weighted by atomic mass is 9.83. The molecule has 0 fully saturated rings. The molecular formula is C19H25N3O3. The number of rotatable bonds is 7. The molecule has 6 heteroatoms. The molecule has 134 valence electrons. The molecule has 1 atom stereocenters. The molecule has 0 saturated heterocycles. The summed E-state index contributed by atoms with van der Waals surface area (Å²) >= 11 is 0. The Morgan fingerprint density at radius 1 is 1.28 bits per heavy atom. The van der Waals surface area contributed by atoms with Gasteiger partial charge in [0.2, 0.25) is 11.8 Å². The van der Waals surface area contributed by atoms with Gasteiger partial charge in [0.15, 0.2) is 0 Å². The molecule has 1 aromatic carbocycles. The van der Waals surface area contributed by atoms with Crippen LogP contribution in [0.4, 0.5) is 5.69 Å². The van der Waals surface area contributed by atoms with Gasteiger partial charge in [-0.2, -0.15) is 0 Å². The molecule has 1 amide bonds. The number of carbonyl (C=O) groups excluding carboxylic acids is 2. The van der Waals surface area contributed by atoms with Crippen molar-refractivity contribution in [2.75, 3.05) is 5.32 Å². The van der Waals surface area contributed by atoms with Gasteiger partial charge in [0.25, 0.3) is 0 Å². The summed E-state index contributed by atoms with van der Waals surface area (Å²) in [6.45, 7) is 4.94. The fourth-order valence-electron chi connectivity index (χ4n) is 2.73. The normalized spacial score (nSPS) is 12.6. The predicted octanol–water partition coefficient (Wildman–Crippen LogP) is 2.89. The molecule has 6 nitrogen and oxygen atoms in total. The van der Waals surface area contributed by atoms with Crippen LogP contribution in [0.15, 0.2) is 43.0 Å². The van der Waals surface area contributed by atoms with E-state index in [2.05, 4.69) is 10.3 Å². The number of benzene rings is 1. The molecule has 0 saturated carbocycles. The highest BCUT2D eigenvalue weighted by Gasteiger charge is 2.29. The largest absolute Gasteiger partial charge is 0.390 e. The molecule has 0 aliphatic rings. The van der Waals surface area contributed by atoms with E-state index in [4.69, 9.17) is 0 Å². The summed E-state index contributed by atoms with van der Waals surface area (Å²) in [6.07, 6.45) is 6.34. The molecule has 0 bridgehead atoms. The lowest BCUT2D eigenvalue weighted by Crippen LogP contribution is -2.34. The second-order valence-electron chi connectivity index (χ2n) is 6.84. The highest BCUT2D eigenvalue weighted by atomic mass is 16.3. The van der Waals surface area contributed by atoms with E-state index >= 15 is 0 Å². The molecule has 1 heterocycles. The summed E-state index contributed by atoms with van der Waals surface area (Å²) in [5.41, 5.74) is 0.899. The lowest BCUT2D eigenvalue weighted by molar-refractivity contribution is -0.114. The quantitative estimate of drug-likeness (QED) is 0.809. The van der Waals surface area contributed by atoms with E-state index < -0.39 is 5.60 Å². The zero-order valence-electron chi connectivity index (χ0n) is 14.9. The van der Waals surface area contributed by atoms with Crippen LogP contribution in [0, 0.1) is 5.92 Å². The smallest absolute Gasteiger partial charge is 0.232 e. The Morgan fingerprint density at radius 3 is 2.48 bits per heavy atom. The maximum absolute atomic E-state index is 12.3. The van der Waals surface area contributed by atoms with Crippen LogP contribution < -0.4 is 5.32 Å². The number of hydrogen-bond acceptors (Lipinski definition) is 4. The van der Waals surface area contributed by atoms with Gasteiger partial charge in [0.05, 0.1) is 5.60 Å². The Hall–Kier alpha value is -2.47. The minimum atomic E-state index is -0.952. The molecule has 1 aromatic heterocycles. The Kier molecular flexibility index (Phi) is 6.09. The number of aryl methyl sites for hydroxylation is 1. The molecule has 1 unspecified atom stereocenters. The molecule has 0 spiro atoms. The first-order chi connectivity index (χ1) is 11.8. The van der Waals surface area contributed by atoms with E-state index in [0.29, 0.717) is 6.42 Å². The van der Waals surface area contributed by atoms with Crippen molar-refractivity contribution in [3.05, 3.63) is 48.5 Å². The van der Waals surface area contributed by atoms with Crippen LogP contribution in [-0.2, 0) is 11.2 Å². The average molecular weight is 343 g/mol. The Bertz CT molecular complexity index is 701. The summed E-state index contributed by atoms with van der Waals surface area (Å²) < 4.78 is 1.45. The number of aliphatic hydroxyl groups is 1. The highest BCUT2D eigenvalue weighted by molar-refractivity contribution is 5.88. The number of aromatic nitrogens is 2. The summed E-state index contributed by atoms with van der Waals surface area (Å²) in [5.74, 6) is -0.351. The number of amides is 1. The van der Waals surface area contributed by atoms with Crippen molar-refractivity contribution < 1.29 is 14.7 Å². The van der Waals surface area contributed by atoms with Gasteiger partial charge in [-0.05, 0) is 50.3 Å². The Balaban J connectivity index is 1.98. The van der Waals surface area contributed by atoms with Gasteiger partial charge in [-0.3, -0.25) is 14.2 Å². The van der Waals surface area contributed by atoms with Gasteiger partial charge in [0.1, 0.15) is 6.33 Å². The van der Waals surface area contributed by atoms with E-state index in [9.17, 15) is 14.7 Å². The van der Waals surface area contributed by atoms with Crippen molar-refractivity contribution in [3.63, 3.8) is 0 Å². The standard InChI is InChI=1S/C19H25N3O3/c1-14(23)21-17-8-5-15(6-9-17)4-7-16(19(2,3)25)12-18(24)22-11-10-20-13-22/h5-6,8-11,13,16,25H,4,7,12H2,1-3H3,(H,21,23). The van der Waals surface area contributed by atoms with Crippen molar-refractivity contribution in [2.45, 2.75) is 45.6 Å². The summed E-state index contributed by atoms with van der Waals surface area (Å²) in [5, 5.41) is 13.2. The molecule has 0 aliphatic heterocycles. The average Bonchev–Trinajstić information content (AvgIpc) is 3.05. The van der Waals surface area contributed by atoms with Gasteiger partial charge < -0.3 is 10.4 Å². The van der Waals surface area contributed by atoms with Crippen LogP contribution in [0.5, 0.6) is 0 Å². The number of anilines is 1. The minimum Gasteiger partial charge on any atom is -0.390 e. The maximum Gasteiger partial charge on any atom is 0.232 e. The fraction of sp³-hybridized carbons (Fsp3) is 0.421. The first kappa shape index (κ1) is 18.9. The second-order valence-corrected chi connectivity index (χ2v) is 6.84. The zero-order valence-corrected chi connectivity index (χ0v) is 14.9. The van der Waals surface area contributed by atoms with Crippen LogP contribution in [-0.4, -0.2) is 32.1 Å². The SMILES string of the molecule is CC(=O)Nc1ccc(CCC(CC(=O)n2ccnc2)C(C)(C)O)cc1.